The van der Waals surface area contributed by atoms with Gasteiger partial charge in [0.2, 0.25) is 15.9 Å². The third-order valence-electron chi connectivity index (χ3n) is 2.51. The highest BCUT2D eigenvalue weighted by molar-refractivity contribution is 7.89. The number of halogens is 2. The molecule has 3 N–H and O–H groups in total. The Kier molecular flexibility index (Phi) is 5.26. The van der Waals surface area contributed by atoms with Crippen LogP contribution >= 0.6 is 23.2 Å². The average Bonchev–Trinajstić information content (AvgIpc) is 2.33. The number of likely N-dealkylation sites (N-methyl/N-ethyl adjacent to an activating group) is 1. The van der Waals surface area contributed by atoms with E-state index in [9.17, 15) is 13.2 Å². The zero-order chi connectivity index (χ0) is 15.7. The Morgan fingerprint density at radius 1 is 1.30 bits per heavy atom. The lowest BCUT2D eigenvalue weighted by Crippen LogP contribution is -2.44. The number of nitrogens with one attached hydrogen (secondary N) is 1. The van der Waals surface area contributed by atoms with Crippen molar-refractivity contribution in [2.24, 2.45) is 0 Å². The monoisotopic (exact) mass is 339 g/mol. The van der Waals surface area contributed by atoms with Crippen molar-refractivity contribution in [2.75, 3.05) is 19.8 Å². The number of hydrogen-bond donors (Lipinski definition) is 2. The Labute approximate surface area is 127 Å². The molecule has 0 heterocycles. The van der Waals surface area contributed by atoms with Gasteiger partial charge in [0.1, 0.15) is 0 Å². The number of rotatable bonds is 4. The molecule has 0 unspecified atom stereocenters. The summed E-state index contributed by atoms with van der Waals surface area (Å²) in [6.07, 6.45) is 0. The number of carbonyl (C=O) groups excluding carboxylic acids is 1. The highest BCUT2D eigenvalue weighted by Gasteiger charge is 2.24. The molecule has 112 valence electrons. The molecule has 0 aliphatic carbocycles. The van der Waals surface area contributed by atoms with Gasteiger partial charge in [-0.1, -0.05) is 23.2 Å². The highest BCUT2D eigenvalue weighted by Crippen LogP contribution is 2.30. The average molecular weight is 340 g/mol. The molecule has 0 bridgehead atoms. The van der Waals surface area contributed by atoms with Crippen molar-refractivity contribution in [1.29, 1.82) is 0 Å². The smallest absolute Gasteiger partial charge is 0.241 e. The number of nitrogens with two attached hydrogens (primary N) is 1. The maximum Gasteiger partial charge on any atom is 0.241 e. The molecule has 1 atom stereocenters. The van der Waals surface area contributed by atoms with Crippen LogP contribution in [-0.4, -0.2) is 39.4 Å². The van der Waals surface area contributed by atoms with Crippen LogP contribution in [0.15, 0.2) is 17.0 Å². The van der Waals surface area contributed by atoms with Gasteiger partial charge in [-0.3, -0.25) is 4.79 Å². The molecular formula is C11H15Cl2N3O3S. The van der Waals surface area contributed by atoms with Crippen molar-refractivity contribution < 1.29 is 13.2 Å². The zero-order valence-electron chi connectivity index (χ0n) is 11.1. The van der Waals surface area contributed by atoms with E-state index >= 15 is 0 Å². The number of nitrogen functional groups attached to an aromatic ring is 1. The minimum atomic E-state index is -3.92. The van der Waals surface area contributed by atoms with Crippen molar-refractivity contribution in [3.63, 3.8) is 0 Å². The van der Waals surface area contributed by atoms with E-state index in [1.165, 1.54) is 38.1 Å². The van der Waals surface area contributed by atoms with Crippen LogP contribution < -0.4 is 10.5 Å². The number of carbonyl (C=O) groups is 1. The Bertz CT molecular complexity index is 609. The summed E-state index contributed by atoms with van der Waals surface area (Å²) >= 11 is 11.6. The zero-order valence-corrected chi connectivity index (χ0v) is 13.5. The fraction of sp³-hybridized carbons (Fsp3) is 0.364. The normalized spacial score (nSPS) is 13.1. The number of benzene rings is 1. The van der Waals surface area contributed by atoms with Gasteiger partial charge in [-0.2, -0.15) is 4.72 Å². The van der Waals surface area contributed by atoms with E-state index in [1.54, 1.807) is 0 Å². The summed E-state index contributed by atoms with van der Waals surface area (Å²) in [5.41, 5.74) is 5.64. The lowest BCUT2D eigenvalue weighted by molar-refractivity contribution is -0.130. The first kappa shape index (κ1) is 17.0. The van der Waals surface area contributed by atoms with Crippen molar-refractivity contribution in [2.45, 2.75) is 17.9 Å². The lowest BCUT2D eigenvalue weighted by atomic mass is 10.3. The minimum Gasteiger partial charge on any atom is -0.396 e. The second-order valence-electron chi connectivity index (χ2n) is 4.38. The Morgan fingerprint density at radius 3 is 2.15 bits per heavy atom. The summed E-state index contributed by atoms with van der Waals surface area (Å²) in [4.78, 5) is 12.8. The molecule has 1 aromatic carbocycles. The molecule has 0 radical (unpaired) electrons. The highest BCUT2D eigenvalue weighted by atomic mass is 35.5. The SMILES string of the molecule is C[C@H](NS(=O)(=O)c1cc(Cl)c(N)c(Cl)c1)C(=O)N(C)C. The van der Waals surface area contributed by atoms with E-state index in [4.69, 9.17) is 28.9 Å². The van der Waals surface area contributed by atoms with E-state index in [0.29, 0.717) is 0 Å². The van der Waals surface area contributed by atoms with Crippen LogP contribution in [0.5, 0.6) is 0 Å². The third kappa shape index (κ3) is 3.76. The lowest BCUT2D eigenvalue weighted by Gasteiger charge is -2.18. The Balaban J connectivity index is 3.09. The molecule has 6 nitrogen and oxygen atoms in total. The molecule has 20 heavy (non-hydrogen) atoms. The summed E-state index contributed by atoms with van der Waals surface area (Å²) in [6.45, 7) is 1.44. The fourth-order valence-electron chi connectivity index (χ4n) is 1.45. The van der Waals surface area contributed by atoms with Gasteiger partial charge in [-0.25, -0.2) is 8.42 Å². The Morgan fingerprint density at radius 2 is 1.75 bits per heavy atom. The molecule has 0 aliphatic heterocycles. The first-order valence-electron chi connectivity index (χ1n) is 5.54. The molecular weight excluding hydrogens is 325 g/mol. The topological polar surface area (TPSA) is 92.5 Å². The predicted molar refractivity (Wildman–Crippen MR) is 79.4 cm³/mol. The van der Waals surface area contributed by atoms with E-state index in [2.05, 4.69) is 4.72 Å². The maximum absolute atomic E-state index is 12.1. The summed E-state index contributed by atoms with van der Waals surface area (Å²) in [5, 5.41) is 0.0638. The first-order valence-corrected chi connectivity index (χ1v) is 7.78. The summed E-state index contributed by atoms with van der Waals surface area (Å²) in [6, 6.07) is 1.45. The van der Waals surface area contributed by atoms with Crippen LogP contribution in [0.2, 0.25) is 10.0 Å². The van der Waals surface area contributed by atoms with E-state index in [1.807, 2.05) is 0 Å². The fourth-order valence-corrected chi connectivity index (χ4v) is 3.32. The van der Waals surface area contributed by atoms with Gasteiger partial charge in [-0.05, 0) is 19.1 Å². The standard InChI is InChI=1S/C11H15Cl2N3O3S/c1-6(11(17)16(2)3)15-20(18,19)7-4-8(12)10(14)9(13)5-7/h4-6,15H,14H2,1-3H3/t6-/m0/s1. The van der Waals surface area contributed by atoms with Crippen molar-refractivity contribution in [3.8, 4) is 0 Å². The number of hydrogen-bond acceptors (Lipinski definition) is 4. The molecule has 1 aromatic rings. The van der Waals surface area contributed by atoms with Gasteiger partial charge >= 0.3 is 0 Å². The number of sulfonamides is 1. The minimum absolute atomic E-state index is 0.0319. The second kappa shape index (κ2) is 6.17. The van der Waals surface area contributed by atoms with Gasteiger partial charge in [-0.15, -0.1) is 0 Å². The number of amides is 1. The number of nitrogens with zero attached hydrogens (tertiary/aromatic N) is 1. The van der Waals surface area contributed by atoms with Crippen LogP contribution in [0.4, 0.5) is 5.69 Å². The maximum atomic E-state index is 12.1. The molecule has 0 spiro atoms. The van der Waals surface area contributed by atoms with Gasteiger partial charge < -0.3 is 10.6 Å². The molecule has 0 aliphatic rings. The van der Waals surface area contributed by atoms with Crippen LogP contribution in [0.3, 0.4) is 0 Å². The summed E-state index contributed by atoms with van der Waals surface area (Å²) in [7, 11) is -0.858. The largest absolute Gasteiger partial charge is 0.396 e. The van der Waals surface area contributed by atoms with E-state index < -0.39 is 16.1 Å². The van der Waals surface area contributed by atoms with Crippen molar-refractivity contribution in [1.82, 2.24) is 9.62 Å². The van der Waals surface area contributed by atoms with Gasteiger partial charge in [0, 0.05) is 14.1 Å². The molecule has 0 saturated heterocycles. The molecule has 1 rings (SSSR count). The molecule has 0 aromatic heterocycles. The van der Waals surface area contributed by atoms with E-state index in [0.717, 1.165) is 0 Å². The quantitative estimate of drug-likeness (QED) is 0.809. The molecule has 1 amide bonds. The van der Waals surface area contributed by atoms with Gasteiger partial charge in [0.25, 0.3) is 0 Å². The van der Waals surface area contributed by atoms with Crippen LogP contribution in [0, 0.1) is 0 Å². The predicted octanol–water partition coefficient (Wildman–Crippen LogP) is 1.33. The second-order valence-corrected chi connectivity index (χ2v) is 6.90. The summed E-state index contributed by atoms with van der Waals surface area (Å²) < 4.78 is 26.5. The first-order chi connectivity index (χ1) is 9.06. The third-order valence-corrected chi connectivity index (χ3v) is 4.65. The Hall–Kier alpha value is -1.02. The van der Waals surface area contributed by atoms with Crippen molar-refractivity contribution in [3.05, 3.63) is 22.2 Å². The van der Waals surface area contributed by atoms with E-state index in [-0.39, 0.29) is 26.5 Å². The molecule has 0 saturated carbocycles. The van der Waals surface area contributed by atoms with Crippen LogP contribution in [0.25, 0.3) is 0 Å². The molecule has 9 heteroatoms. The van der Waals surface area contributed by atoms with Gasteiger partial charge in [0.15, 0.2) is 0 Å². The molecule has 0 fully saturated rings. The van der Waals surface area contributed by atoms with Crippen molar-refractivity contribution >= 4 is 44.8 Å². The van der Waals surface area contributed by atoms with Crippen LogP contribution in [-0.2, 0) is 14.8 Å². The summed E-state index contributed by atoms with van der Waals surface area (Å²) in [5.74, 6) is -0.374. The van der Waals surface area contributed by atoms with Crippen LogP contribution in [0.1, 0.15) is 6.92 Å². The number of anilines is 1. The van der Waals surface area contributed by atoms with Gasteiger partial charge in [0.05, 0.1) is 26.7 Å².